The van der Waals surface area contributed by atoms with Crippen molar-refractivity contribution in [2.75, 3.05) is 12.8 Å². The minimum atomic E-state index is 0.0463. The van der Waals surface area contributed by atoms with Gasteiger partial charge in [0.25, 0.3) is 0 Å². The molecule has 0 spiro atoms. The van der Waals surface area contributed by atoms with Gasteiger partial charge >= 0.3 is 0 Å². The number of benzene rings is 1. The first-order valence-corrected chi connectivity index (χ1v) is 4.30. The summed E-state index contributed by atoms with van der Waals surface area (Å²) in [5, 5.41) is 13.1. The van der Waals surface area contributed by atoms with Gasteiger partial charge < -0.3 is 20.1 Å². The van der Waals surface area contributed by atoms with Crippen molar-refractivity contribution >= 4 is 5.82 Å². The van der Waals surface area contributed by atoms with Crippen molar-refractivity contribution in [2.24, 2.45) is 0 Å². The zero-order valence-electron chi connectivity index (χ0n) is 8.10. The SMILES string of the molecule is COc1ccc(-c2cc(N)no2)cc1O. The maximum absolute atomic E-state index is 9.54. The summed E-state index contributed by atoms with van der Waals surface area (Å²) in [6.07, 6.45) is 0. The molecule has 0 bridgehead atoms. The molecule has 0 unspecified atom stereocenters. The van der Waals surface area contributed by atoms with Crippen LogP contribution in [-0.4, -0.2) is 17.4 Å². The van der Waals surface area contributed by atoms with Gasteiger partial charge in [0.15, 0.2) is 23.1 Å². The summed E-state index contributed by atoms with van der Waals surface area (Å²) in [4.78, 5) is 0. The van der Waals surface area contributed by atoms with E-state index in [-0.39, 0.29) is 5.75 Å². The fourth-order valence-electron chi connectivity index (χ4n) is 1.27. The molecule has 0 saturated heterocycles. The third kappa shape index (κ3) is 1.71. The van der Waals surface area contributed by atoms with Gasteiger partial charge in [0.1, 0.15) is 0 Å². The smallest absolute Gasteiger partial charge is 0.169 e. The van der Waals surface area contributed by atoms with Crippen molar-refractivity contribution in [3.05, 3.63) is 24.3 Å². The quantitative estimate of drug-likeness (QED) is 0.780. The van der Waals surface area contributed by atoms with E-state index in [1.54, 1.807) is 18.2 Å². The Morgan fingerprint density at radius 3 is 2.73 bits per heavy atom. The number of hydrogen-bond acceptors (Lipinski definition) is 5. The number of methoxy groups -OCH3 is 1. The molecule has 0 aliphatic heterocycles. The van der Waals surface area contributed by atoms with Crippen LogP contribution in [0.5, 0.6) is 11.5 Å². The molecule has 15 heavy (non-hydrogen) atoms. The highest BCUT2D eigenvalue weighted by Crippen LogP contribution is 2.31. The highest BCUT2D eigenvalue weighted by atomic mass is 16.5. The Balaban J connectivity index is 2.42. The Bertz CT molecular complexity index is 479. The summed E-state index contributed by atoms with van der Waals surface area (Å²) in [6.45, 7) is 0. The number of phenols is 1. The normalized spacial score (nSPS) is 10.2. The average molecular weight is 206 g/mol. The molecular formula is C10H10N2O3. The third-order valence-corrected chi connectivity index (χ3v) is 1.99. The van der Waals surface area contributed by atoms with Gasteiger partial charge in [-0.1, -0.05) is 5.16 Å². The predicted molar refractivity (Wildman–Crippen MR) is 54.6 cm³/mol. The average Bonchev–Trinajstić information content (AvgIpc) is 2.65. The van der Waals surface area contributed by atoms with Crippen LogP contribution >= 0.6 is 0 Å². The van der Waals surface area contributed by atoms with Gasteiger partial charge in [-0.15, -0.1) is 0 Å². The molecule has 0 fully saturated rings. The summed E-state index contributed by atoms with van der Waals surface area (Å²) >= 11 is 0. The van der Waals surface area contributed by atoms with E-state index in [1.807, 2.05) is 0 Å². The Morgan fingerprint density at radius 1 is 1.40 bits per heavy atom. The molecule has 5 heteroatoms. The van der Waals surface area contributed by atoms with E-state index in [1.165, 1.54) is 13.2 Å². The maximum atomic E-state index is 9.54. The number of rotatable bonds is 2. The number of ether oxygens (including phenoxy) is 1. The highest BCUT2D eigenvalue weighted by molar-refractivity contribution is 5.64. The van der Waals surface area contributed by atoms with Crippen molar-refractivity contribution in [3.63, 3.8) is 0 Å². The van der Waals surface area contributed by atoms with Gasteiger partial charge in [0.2, 0.25) is 0 Å². The van der Waals surface area contributed by atoms with Crippen LogP contribution in [0.15, 0.2) is 28.8 Å². The van der Waals surface area contributed by atoms with Crippen LogP contribution in [0.3, 0.4) is 0 Å². The first-order chi connectivity index (χ1) is 7.20. The Morgan fingerprint density at radius 2 is 2.20 bits per heavy atom. The van der Waals surface area contributed by atoms with E-state index < -0.39 is 0 Å². The van der Waals surface area contributed by atoms with Crippen molar-refractivity contribution in [1.29, 1.82) is 0 Å². The third-order valence-electron chi connectivity index (χ3n) is 1.99. The lowest BCUT2D eigenvalue weighted by atomic mass is 10.1. The summed E-state index contributed by atoms with van der Waals surface area (Å²) in [7, 11) is 1.49. The lowest BCUT2D eigenvalue weighted by molar-refractivity contribution is 0.373. The zero-order chi connectivity index (χ0) is 10.8. The van der Waals surface area contributed by atoms with Crippen LogP contribution < -0.4 is 10.5 Å². The Labute approximate surface area is 86.1 Å². The van der Waals surface area contributed by atoms with E-state index >= 15 is 0 Å². The van der Waals surface area contributed by atoms with Crippen molar-refractivity contribution in [2.45, 2.75) is 0 Å². The standard InChI is InChI=1S/C10H10N2O3/c1-14-8-3-2-6(4-7(8)13)9-5-10(11)12-15-9/h2-5,13H,1H3,(H2,11,12). The summed E-state index contributed by atoms with van der Waals surface area (Å²) in [5.41, 5.74) is 6.11. The fourth-order valence-corrected chi connectivity index (χ4v) is 1.27. The maximum Gasteiger partial charge on any atom is 0.169 e. The number of anilines is 1. The molecule has 0 amide bonds. The molecule has 2 aromatic rings. The molecule has 0 aliphatic rings. The molecule has 78 valence electrons. The van der Waals surface area contributed by atoms with Crippen LogP contribution in [-0.2, 0) is 0 Å². The van der Waals surface area contributed by atoms with Gasteiger partial charge in [-0.2, -0.15) is 0 Å². The van der Waals surface area contributed by atoms with Crippen LogP contribution in [0.25, 0.3) is 11.3 Å². The summed E-state index contributed by atoms with van der Waals surface area (Å²) in [6, 6.07) is 6.50. The van der Waals surface area contributed by atoms with E-state index in [9.17, 15) is 5.11 Å². The predicted octanol–water partition coefficient (Wildman–Crippen LogP) is 1.64. The van der Waals surface area contributed by atoms with Gasteiger partial charge in [0, 0.05) is 11.6 Å². The second-order valence-electron chi connectivity index (χ2n) is 3.00. The van der Waals surface area contributed by atoms with E-state index in [2.05, 4.69) is 5.16 Å². The van der Waals surface area contributed by atoms with Crippen LogP contribution in [0, 0.1) is 0 Å². The minimum Gasteiger partial charge on any atom is -0.504 e. The fraction of sp³-hybridized carbons (Fsp3) is 0.100. The molecule has 1 aromatic heterocycles. The van der Waals surface area contributed by atoms with Gasteiger partial charge in [-0.05, 0) is 18.2 Å². The molecule has 1 heterocycles. The van der Waals surface area contributed by atoms with E-state index in [4.69, 9.17) is 15.0 Å². The second kappa shape index (κ2) is 3.53. The monoisotopic (exact) mass is 206 g/mol. The molecule has 3 N–H and O–H groups in total. The Hall–Kier alpha value is -2.17. The topological polar surface area (TPSA) is 81.5 Å². The molecule has 0 saturated carbocycles. The minimum absolute atomic E-state index is 0.0463. The second-order valence-corrected chi connectivity index (χ2v) is 3.00. The first-order valence-electron chi connectivity index (χ1n) is 4.30. The van der Waals surface area contributed by atoms with E-state index in [0.717, 1.165) is 0 Å². The number of aromatic hydroxyl groups is 1. The number of phenolic OH excluding ortho intramolecular Hbond substituents is 1. The zero-order valence-corrected chi connectivity index (χ0v) is 8.10. The molecule has 0 radical (unpaired) electrons. The number of hydrogen-bond donors (Lipinski definition) is 2. The van der Waals surface area contributed by atoms with E-state index in [0.29, 0.717) is 22.9 Å². The molecule has 1 aromatic carbocycles. The number of aromatic nitrogens is 1. The lowest BCUT2D eigenvalue weighted by Crippen LogP contribution is -1.83. The molecule has 2 rings (SSSR count). The lowest BCUT2D eigenvalue weighted by Gasteiger charge is -2.03. The first kappa shape index (κ1) is 9.39. The van der Waals surface area contributed by atoms with Gasteiger partial charge in [-0.3, -0.25) is 0 Å². The van der Waals surface area contributed by atoms with Crippen LogP contribution in [0.4, 0.5) is 5.82 Å². The van der Waals surface area contributed by atoms with Gasteiger partial charge in [0.05, 0.1) is 7.11 Å². The molecular weight excluding hydrogens is 196 g/mol. The number of nitrogens with two attached hydrogens (primary N) is 1. The van der Waals surface area contributed by atoms with Crippen molar-refractivity contribution in [1.82, 2.24) is 5.16 Å². The molecule has 0 aliphatic carbocycles. The van der Waals surface area contributed by atoms with Crippen molar-refractivity contribution < 1.29 is 14.4 Å². The largest absolute Gasteiger partial charge is 0.504 e. The Kier molecular flexibility index (Phi) is 2.21. The number of nitrogens with zero attached hydrogens (tertiary/aromatic N) is 1. The van der Waals surface area contributed by atoms with Crippen LogP contribution in [0.2, 0.25) is 0 Å². The van der Waals surface area contributed by atoms with Gasteiger partial charge in [-0.25, -0.2) is 0 Å². The summed E-state index contributed by atoms with van der Waals surface area (Å²) < 4.78 is 9.87. The number of nitrogen functional groups attached to an aromatic ring is 1. The molecule has 0 atom stereocenters. The summed E-state index contributed by atoms with van der Waals surface area (Å²) in [5.74, 6) is 1.27. The molecule has 5 nitrogen and oxygen atoms in total. The highest BCUT2D eigenvalue weighted by Gasteiger charge is 2.08. The van der Waals surface area contributed by atoms with Crippen LogP contribution in [0.1, 0.15) is 0 Å². The van der Waals surface area contributed by atoms with Crippen molar-refractivity contribution in [3.8, 4) is 22.8 Å².